The summed E-state index contributed by atoms with van der Waals surface area (Å²) in [5, 5.41) is 19.1. The van der Waals surface area contributed by atoms with Crippen molar-refractivity contribution in [3.8, 4) is 0 Å². The van der Waals surface area contributed by atoms with Gasteiger partial charge < -0.3 is 15.5 Å². The molecule has 3 nitrogen and oxygen atoms in total. The maximum atomic E-state index is 8.15. The van der Waals surface area contributed by atoms with Gasteiger partial charge in [0, 0.05) is 30.2 Å². The van der Waals surface area contributed by atoms with Gasteiger partial charge in [0.25, 0.3) is 0 Å². The van der Waals surface area contributed by atoms with Crippen LogP contribution >= 0.6 is 0 Å². The molecule has 0 amide bonds. The van der Waals surface area contributed by atoms with Gasteiger partial charge in [0.2, 0.25) is 0 Å². The van der Waals surface area contributed by atoms with Crippen molar-refractivity contribution < 1.29 is 27.3 Å². The maximum absolute atomic E-state index is 8.15. The number of aliphatic hydroxyl groups excluding tert-OH is 2. The fourth-order valence-electron chi connectivity index (χ4n) is 0.283. The second kappa shape index (κ2) is 10.4. The molecule has 0 aliphatic rings. The zero-order valence-electron chi connectivity index (χ0n) is 4.52. The monoisotopic (exact) mass is 168 g/mol. The molecule has 0 atom stereocenters. The SMILES string of the molecule is OCCNCCO.[Cu]. The van der Waals surface area contributed by atoms with Crippen molar-refractivity contribution in [1.29, 1.82) is 0 Å². The van der Waals surface area contributed by atoms with Crippen molar-refractivity contribution in [3.63, 3.8) is 0 Å². The standard InChI is InChI=1S/C4H11NO2.Cu/c6-3-1-5-2-4-7;/h5-7H,1-4H2;. The van der Waals surface area contributed by atoms with E-state index in [-0.39, 0.29) is 30.3 Å². The van der Waals surface area contributed by atoms with Crippen LogP contribution in [0.1, 0.15) is 0 Å². The van der Waals surface area contributed by atoms with Crippen LogP contribution in [-0.2, 0) is 17.1 Å². The van der Waals surface area contributed by atoms with Gasteiger partial charge in [-0.05, 0) is 0 Å². The number of aliphatic hydroxyl groups is 2. The first kappa shape index (κ1) is 11.2. The van der Waals surface area contributed by atoms with Gasteiger partial charge in [-0.3, -0.25) is 0 Å². The molecule has 0 fully saturated rings. The summed E-state index contributed by atoms with van der Waals surface area (Å²) in [6.45, 7) is 1.42. The molecule has 0 heterocycles. The molecule has 0 saturated heterocycles. The molecule has 0 spiro atoms. The van der Waals surface area contributed by atoms with Crippen LogP contribution in [0.5, 0.6) is 0 Å². The molecule has 0 rings (SSSR count). The molecule has 0 aromatic carbocycles. The second-order valence-corrected chi connectivity index (χ2v) is 1.20. The molecule has 0 bridgehead atoms. The van der Waals surface area contributed by atoms with E-state index in [1.807, 2.05) is 0 Å². The molecule has 0 unspecified atom stereocenters. The molecule has 8 heavy (non-hydrogen) atoms. The van der Waals surface area contributed by atoms with Gasteiger partial charge in [0.1, 0.15) is 0 Å². The van der Waals surface area contributed by atoms with Crippen LogP contribution < -0.4 is 5.32 Å². The number of hydrogen-bond acceptors (Lipinski definition) is 3. The number of hydrogen-bond donors (Lipinski definition) is 3. The first-order chi connectivity index (χ1) is 3.41. The summed E-state index contributed by atoms with van der Waals surface area (Å²) in [5.74, 6) is 0. The predicted octanol–water partition coefficient (Wildman–Crippen LogP) is -1.44. The predicted molar refractivity (Wildman–Crippen MR) is 27.0 cm³/mol. The molecule has 4 heteroatoms. The summed E-state index contributed by atoms with van der Waals surface area (Å²) in [5.41, 5.74) is 0. The summed E-state index contributed by atoms with van der Waals surface area (Å²) >= 11 is 0. The van der Waals surface area contributed by atoms with Crippen molar-refractivity contribution in [1.82, 2.24) is 5.32 Å². The Labute approximate surface area is 59.6 Å². The third-order valence-corrected chi connectivity index (χ3v) is 0.577. The Kier molecular flexibility index (Phi) is 14.6. The van der Waals surface area contributed by atoms with Crippen LogP contribution in [0.2, 0.25) is 0 Å². The zero-order chi connectivity index (χ0) is 5.54. The van der Waals surface area contributed by atoms with E-state index >= 15 is 0 Å². The molecular formula is C4H11CuNO2. The Morgan fingerprint density at radius 3 is 1.62 bits per heavy atom. The van der Waals surface area contributed by atoms with Crippen LogP contribution in [0, 0.1) is 0 Å². The summed E-state index contributed by atoms with van der Waals surface area (Å²) in [4.78, 5) is 0. The van der Waals surface area contributed by atoms with Crippen LogP contribution in [0.4, 0.5) is 0 Å². The Balaban J connectivity index is 0. The van der Waals surface area contributed by atoms with E-state index in [0.29, 0.717) is 13.1 Å². The van der Waals surface area contributed by atoms with E-state index in [1.54, 1.807) is 0 Å². The molecule has 0 aromatic rings. The normalized spacial score (nSPS) is 8.25. The van der Waals surface area contributed by atoms with Crippen LogP contribution in [0.15, 0.2) is 0 Å². The maximum Gasteiger partial charge on any atom is 0.0555 e. The summed E-state index contributed by atoms with van der Waals surface area (Å²) < 4.78 is 0. The van der Waals surface area contributed by atoms with Crippen LogP contribution in [-0.4, -0.2) is 36.5 Å². The zero-order valence-corrected chi connectivity index (χ0v) is 5.47. The van der Waals surface area contributed by atoms with Crippen molar-refractivity contribution in [2.45, 2.75) is 0 Å². The summed E-state index contributed by atoms with van der Waals surface area (Å²) in [7, 11) is 0. The fourth-order valence-corrected chi connectivity index (χ4v) is 0.283. The van der Waals surface area contributed by atoms with E-state index in [4.69, 9.17) is 10.2 Å². The Bertz CT molecular complexity index is 33.2. The van der Waals surface area contributed by atoms with Gasteiger partial charge in [-0.2, -0.15) is 0 Å². The van der Waals surface area contributed by atoms with E-state index in [1.165, 1.54) is 0 Å². The average Bonchev–Trinajstić information content (AvgIpc) is 1.69. The largest absolute Gasteiger partial charge is 0.395 e. The molecule has 1 radical (unpaired) electrons. The minimum atomic E-state index is 0. The molecule has 0 aromatic heterocycles. The van der Waals surface area contributed by atoms with Gasteiger partial charge in [0.15, 0.2) is 0 Å². The minimum absolute atomic E-state index is 0. The van der Waals surface area contributed by atoms with E-state index in [9.17, 15) is 0 Å². The quantitative estimate of drug-likeness (QED) is 0.356. The topological polar surface area (TPSA) is 52.5 Å². The van der Waals surface area contributed by atoms with Gasteiger partial charge in [-0.15, -0.1) is 0 Å². The Morgan fingerprint density at radius 1 is 1.00 bits per heavy atom. The van der Waals surface area contributed by atoms with Crippen molar-refractivity contribution >= 4 is 0 Å². The van der Waals surface area contributed by atoms with Crippen LogP contribution in [0.25, 0.3) is 0 Å². The molecule has 0 saturated carbocycles. The Hall–Kier alpha value is 0.399. The molecule has 0 aliphatic heterocycles. The van der Waals surface area contributed by atoms with Gasteiger partial charge in [-0.25, -0.2) is 0 Å². The van der Waals surface area contributed by atoms with Gasteiger partial charge >= 0.3 is 0 Å². The minimum Gasteiger partial charge on any atom is -0.395 e. The van der Waals surface area contributed by atoms with Gasteiger partial charge in [-0.1, -0.05) is 0 Å². The van der Waals surface area contributed by atoms with Crippen LogP contribution in [0.3, 0.4) is 0 Å². The van der Waals surface area contributed by atoms with Crippen molar-refractivity contribution in [2.75, 3.05) is 26.3 Å². The molecule has 3 N–H and O–H groups in total. The molecular weight excluding hydrogens is 158 g/mol. The third kappa shape index (κ3) is 9.64. The van der Waals surface area contributed by atoms with Crippen molar-refractivity contribution in [2.24, 2.45) is 0 Å². The second-order valence-electron chi connectivity index (χ2n) is 1.20. The Morgan fingerprint density at radius 2 is 1.38 bits per heavy atom. The molecule has 0 aliphatic carbocycles. The number of nitrogens with one attached hydrogen (secondary N) is 1. The fraction of sp³-hybridized carbons (Fsp3) is 1.00. The van der Waals surface area contributed by atoms with Gasteiger partial charge in [0.05, 0.1) is 13.2 Å². The van der Waals surface area contributed by atoms with Crippen molar-refractivity contribution in [3.05, 3.63) is 0 Å². The summed E-state index contributed by atoms with van der Waals surface area (Å²) in [6.07, 6.45) is 0. The smallest absolute Gasteiger partial charge is 0.0555 e. The summed E-state index contributed by atoms with van der Waals surface area (Å²) in [6, 6.07) is 0. The van der Waals surface area contributed by atoms with E-state index in [2.05, 4.69) is 5.32 Å². The average molecular weight is 169 g/mol. The molecule has 55 valence electrons. The first-order valence-corrected chi connectivity index (χ1v) is 2.34. The third-order valence-electron chi connectivity index (χ3n) is 0.577. The van der Waals surface area contributed by atoms with E-state index in [0.717, 1.165) is 0 Å². The first-order valence-electron chi connectivity index (χ1n) is 2.34. The van der Waals surface area contributed by atoms with E-state index < -0.39 is 0 Å². The number of rotatable bonds is 4.